The number of piperidine rings is 1. The van der Waals surface area contributed by atoms with E-state index in [0.29, 0.717) is 50.8 Å². The molecule has 2 amide bonds. The van der Waals surface area contributed by atoms with Crippen molar-refractivity contribution in [1.82, 2.24) is 19.8 Å². The van der Waals surface area contributed by atoms with Gasteiger partial charge in [0.1, 0.15) is 4.60 Å². The third kappa shape index (κ3) is 5.84. The van der Waals surface area contributed by atoms with Crippen molar-refractivity contribution < 1.29 is 22.8 Å². The van der Waals surface area contributed by atoms with E-state index >= 15 is 0 Å². The van der Waals surface area contributed by atoms with Crippen LogP contribution in [-0.4, -0.2) is 51.6 Å². The highest BCUT2D eigenvalue weighted by Crippen LogP contribution is 2.37. The van der Waals surface area contributed by atoms with E-state index in [1.165, 1.54) is 0 Å². The van der Waals surface area contributed by atoms with Gasteiger partial charge in [0.2, 0.25) is 5.91 Å². The Balaban J connectivity index is 1.45. The second-order valence-corrected chi connectivity index (χ2v) is 10.4. The fourth-order valence-electron chi connectivity index (χ4n) is 3.91. The van der Waals surface area contributed by atoms with Gasteiger partial charge in [-0.3, -0.25) is 9.59 Å². The van der Waals surface area contributed by atoms with E-state index in [-0.39, 0.29) is 36.6 Å². The van der Waals surface area contributed by atoms with Crippen LogP contribution < -0.4 is 5.32 Å². The number of hydrogen-bond acceptors (Lipinski definition) is 3. The molecule has 12 heteroatoms. The molecule has 0 spiro atoms. The van der Waals surface area contributed by atoms with Crippen LogP contribution in [0.15, 0.2) is 10.7 Å². The minimum atomic E-state index is -4.14. The molecular formula is C17H22BrF3IN4O2P. The molecule has 29 heavy (non-hydrogen) atoms. The van der Waals surface area contributed by atoms with Gasteiger partial charge in [-0.1, -0.05) is 0 Å². The van der Waals surface area contributed by atoms with E-state index in [2.05, 4.69) is 48.4 Å². The largest absolute Gasteiger partial charge is 0.391 e. The Kier molecular flexibility index (Phi) is 7.86. The van der Waals surface area contributed by atoms with Crippen molar-refractivity contribution in [3.05, 3.63) is 16.4 Å². The maximum absolute atomic E-state index is 12.8. The van der Waals surface area contributed by atoms with Gasteiger partial charge in [-0.25, -0.2) is 4.45 Å². The number of likely N-dealkylation sites (tertiary alicyclic amines) is 1. The van der Waals surface area contributed by atoms with Crippen LogP contribution in [0.2, 0.25) is 0 Å². The number of rotatable bonds is 4. The summed E-state index contributed by atoms with van der Waals surface area (Å²) in [6, 6.07) is 1.51. The molecule has 2 fully saturated rings. The van der Waals surface area contributed by atoms with Crippen LogP contribution in [0.4, 0.5) is 13.2 Å². The lowest BCUT2D eigenvalue weighted by molar-refractivity contribution is -0.182. The molecule has 1 saturated heterocycles. The summed E-state index contributed by atoms with van der Waals surface area (Å²) in [5, 5.41) is 7.21. The number of hydrogen-bond donors (Lipinski definition) is 1. The number of alkyl halides is 3. The van der Waals surface area contributed by atoms with Crippen molar-refractivity contribution in [1.29, 1.82) is 0 Å². The summed E-state index contributed by atoms with van der Waals surface area (Å²) < 4.78 is 40.7. The van der Waals surface area contributed by atoms with Gasteiger partial charge < -0.3 is 10.2 Å². The molecule has 0 aromatic carbocycles. The summed E-state index contributed by atoms with van der Waals surface area (Å²) >= 11 is 5.56. The summed E-state index contributed by atoms with van der Waals surface area (Å²) in [6.07, 6.45) is -1.80. The molecule has 162 valence electrons. The third-order valence-electron chi connectivity index (χ3n) is 5.65. The van der Waals surface area contributed by atoms with Crippen molar-refractivity contribution in [2.24, 2.45) is 11.8 Å². The average molecular weight is 609 g/mol. The van der Waals surface area contributed by atoms with Crippen LogP contribution in [0.1, 0.15) is 49.0 Å². The van der Waals surface area contributed by atoms with Crippen LogP contribution in [-0.2, 0) is 4.79 Å². The highest BCUT2D eigenvalue weighted by atomic mass is 127. The van der Waals surface area contributed by atoms with E-state index in [4.69, 9.17) is 0 Å². The van der Waals surface area contributed by atoms with Gasteiger partial charge in [0.25, 0.3) is 5.91 Å². The van der Waals surface area contributed by atoms with Crippen molar-refractivity contribution in [3.63, 3.8) is 0 Å². The number of amides is 2. The molecule has 6 nitrogen and oxygen atoms in total. The number of carbonyl (C=O) groups excluding carboxylic acids is 2. The van der Waals surface area contributed by atoms with Crippen LogP contribution in [0, 0.1) is 11.8 Å². The van der Waals surface area contributed by atoms with Crippen molar-refractivity contribution in [3.8, 4) is 0 Å². The number of halogens is 5. The van der Waals surface area contributed by atoms with E-state index in [1.54, 1.807) is 15.4 Å². The first-order chi connectivity index (χ1) is 13.7. The fourth-order valence-corrected chi connectivity index (χ4v) is 6.86. The van der Waals surface area contributed by atoms with E-state index in [1.807, 2.05) is 0 Å². The van der Waals surface area contributed by atoms with Gasteiger partial charge in [0.05, 0.1) is 12.3 Å². The lowest BCUT2D eigenvalue weighted by Gasteiger charge is -2.34. The molecule has 1 unspecified atom stereocenters. The second-order valence-electron chi connectivity index (χ2n) is 7.51. The molecule has 1 atom stereocenters. The number of carbonyl (C=O) groups is 2. The van der Waals surface area contributed by atoms with Crippen LogP contribution in [0.5, 0.6) is 0 Å². The number of aromatic nitrogens is 2. The highest BCUT2D eigenvalue weighted by molar-refractivity contribution is 14.2. The molecular weight excluding hydrogens is 587 g/mol. The summed E-state index contributed by atoms with van der Waals surface area (Å²) in [4.78, 5) is 26.8. The maximum Gasteiger partial charge on any atom is 0.391 e. The Labute approximate surface area is 190 Å². The zero-order valence-electron chi connectivity index (χ0n) is 15.5. The molecule has 2 aliphatic rings. The Hall–Kier alpha value is -0.420. The number of nitrogens with one attached hydrogen (secondary N) is 1. The quantitative estimate of drug-likeness (QED) is 0.404. The molecule has 1 N–H and O–H groups in total. The Morgan fingerprint density at radius 2 is 1.79 bits per heavy atom. The van der Waals surface area contributed by atoms with Gasteiger partial charge in [0.15, 0.2) is 5.69 Å². The molecule has 1 aromatic rings. The van der Waals surface area contributed by atoms with E-state index in [0.717, 1.165) is 4.60 Å². The van der Waals surface area contributed by atoms with Gasteiger partial charge in [-0.05, 0) is 76.5 Å². The summed E-state index contributed by atoms with van der Waals surface area (Å²) in [6.45, 7) is 0.934. The van der Waals surface area contributed by atoms with E-state index < -0.39 is 12.1 Å². The summed E-state index contributed by atoms with van der Waals surface area (Å²) in [7, 11) is 0. The molecule has 1 aliphatic heterocycles. The predicted molar refractivity (Wildman–Crippen MR) is 116 cm³/mol. The molecule has 1 saturated carbocycles. The van der Waals surface area contributed by atoms with Crippen LogP contribution in [0.25, 0.3) is 0 Å². The molecule has 0 bridgehead atoms. The smallest absolute Gasteiger partial charge is 0.353 e. The summed E-state index contributed by atoms with van der Waals surface area (Å²) in [5.41, 5.74) is 0.380. The maximum atomic E-state index is 12.8. The summed E-state index contributed by atoms with van der Waals surface area (Å²) in [5.74, 6) is -1.71. The van der Waals surface area contributed by atoms with Gasteiger partial charge >= 0.3 is 6.18 Å². The third-order valence-corrected chi connectivity index (χ3v) is 8.42. The highest BCUT2D eigenvalue weighted by Gasteiger charge is 2.41. The van der Waals surface area contributed by atoms with Crippen molar-refractivity contribution in [2.75, 3.05) is 13.1 Å². The fraction of sp³-hybridized carbons (Fsp3) is 0.706. The first-order valence-electron chi connectivity index (χ1n) is 9.47. The van der Waals surface area contributed by atoms with E-state index in [9.17, 15) is 22.8 Å². The minimum Gasteiger partial charge on any atom is -0.353 e. The van der Waals surface area contributed by atoms with Gasteiger partial charge in [0, 0.05) is 31.1 Å². The topological polar surface area (TPSA) is 67.2 Å². The lowest BCUT2D eigenvalue weighted by Crippen LogP contribution is -2.46. The first-order valence-corrected chi connectivity index (χ1v) is 14.3. The van der Waals surface area contributed by atoms with Crippen LogP contribution >= 0.6 is 44.3 Å². The predicted octanol–water partition coefficient (Wildman–Crippen LogP) is 4.53. The average Bonchev–Trinajstić information content (AvgIpc) is 3.08. The molecule has 1 aliphatic carbocycles. The molecule has 0 radical (unpaired) electrons. The van der Waals surface area contributed by atoms with Crippen LogP contribution in [0.3, 0.4) is 0 Å². The minimum absolute atomic E-state index is 0.0708. The van der Waals surface area contributed by atoms with Crippen molar-refractivity contribution in [2.45, 2.75) is 50.7 Å². The molecule has 2 heterocycles. The van der Waals surface area contributed by atoms with Gasteiger partial charge in [-0.15, -0.1) is 0 Å². The normalized spacial score (nSPS) is 24.2. The van der Waals surface area contributed by atoms with Gasteiger partial charge in [-0.2, -0.15) is 18.3 Å². The second kappa shape index (κ2) is 9.80. The Morgan fingerprint density at radius 1 is 1.17 bits per heavy atom. The zero-order chi connectivity index (χ0) is 21.2. The molecule has 3 rings (SSSR count). The first kappa shape index (κ1) is 23.2. The zero-order valence-corrected chi connectivity index (χ0v) is 20.3. The Bertz CT molecular complexity index is 748. The monoisotopic (exact) mass is 608 g/mol. The number of nitrogens with zero attached hydrogens (tertiary/aromatic N) is 3. The standard InChI is InChI=1S/C17H22BrF3IN4O2P/c18-14-9-13(24-26(14)29-22)16(28)25-7-5-10(6-8-25)15(27)23-12-3-1-11(2-4-12)17(19,20)21/h9-12,29H,1-8H2,(H,23,27). The lowest BCUT2D eigenvalue weighted by atomic mass is 9.85. The SMILES string of the molecule is O=C(NC1CCC(C(F)(F)F)CC1)C1CCN(C(=O)c2cc(Br)n(PI)n2)CC1. The van der Waals surface area contributed by atoms with Crippen molar-refractivity contribution >= 4 is 56.2 Å². The molecule has 1 aromatic heterocycles. The Morgan fingerprint density at radius 3 is 2.31 bits per heavy atom.